The lowest BCUT2D eigenvalue weighted by molar-refractivity contribution is -0.147. The number of piperidine rings is 1. The Morgan fingerprint density at radius 2 is 1.68 bits per heavy atom. The summed E-state index contributed by atoms with van der Waals surface area (Å²) in [7, 11) is 0. The third kappa shape index (κ3) is 3.14. The van der Waals surface area contributed by atoms with Gasteiger partial charge in [-0.15, -0.1) is 0 Å². The smallest absolute Gasteiger partial charge is 0.245 e. The van der Waals surface area contributed by atoms with Gasteiger partial charge in [0, 0.05) is 26.1 Å². The van der Waals surface area contributed by atoms with Crippen LogP contribution in [0.2, 0.25) is 0 Å². The minimum absolute atomic E-state index is 0.133. The molecule has 3 aliphatic rings. The quantitative estimate of drug-likeness (QED) is 0.835. The first-order valence-electron chi connectivity index (χ1n) is 8.99. The molecule has 0 aliphatic carbocycles. The van der Waals surface area contributed by atoms with Gasteiger partial charge in [-0.3, -0.25) is 9.59 Å². The Kier molecular flexibility index (Phi) is 5.01. The lowest BCUT2D eigenvalue weighted by Gasteiger charge is -2.37. The standard InChI is InChI=1S/C17H29N3O2/c1-2-16(21)20-8-4-3-5-15(20)17(22)19-9-6-13-11-18-12-14(13)7-10-19/h13-15,18H,2-12H2,1H3/t13-,14+,15?. The summed E-state index contributed by atoms with van der Waals surface area (Å²) >= 11 is 0. The highest BCUT2D eigenvalue weighted by molar-refractivity contribution is 5.87. The van der Waals surface area contributed by atoms with Crippen LogP contribution < -0.4 is 5.32 Å². The number of likely N-dealkylation sites (tertiary alicyclic amines) is 2. The first kappa shape index (κ1) is 15.8. The Morgan fingerprint density at radius 3 is 2.32 bits per heavy atom. The number of nitrogens with one attached hydrogen (secondary N) is 1. The third-order valence-electron chi connectivity index (χ3n) is 5.74. The Balaban J connectivity index is 1.65. The van der Waals surface area contributed by atoms with E-state index in [2.05, 4.69) is 5.32 Å². The van der Waals surface area contributed by atoms with Crippen molar-refractivity contribution in [2.24, 2.45) is 11.8 Å². The van der Waals surface area contributed by atoms with Crippen LogP contribution in [0, 0.1) is 11.8 Å². The molecule has 3 fully saturated rings. The molecule has 0 saturated carbocycles. The van der Waals surface area contributed by atoms with Gasteiger partial charge in [0.25, 0.3) is 0 Å². The maximum Gasteiger partial charge on any atom is 0.245 e. The number of amides is 2. The maximum absolute atomic E-state index is 13.0. The molecule has 3 rings (SSSR count). The topological polar surface area (TPSA) is 52.7 Å². The maximum atomic E-state index is 13.0. The summed E-state index contributed by atoms with van der Waals surface area (Å²) in [5, 5.41) is 3.47. The van der Waals surface area contributed by atoms with E-state index in [9.17, 15) is 9.59 Å². The van der Waals surface area contributed by atoms with Crippen molar-refractivity contribution >= 4 is 11.8 Å². The van der Waals surface area contributed by atoms with Crippen molar-refractivity contribution in [3.05, 3.63) is 0 Å². The summed E-state index contributed by atoms with van der Waals surface area (Å²) in [6.45, 7) is 6.59. The number of hydrogen-bond acceptors (Lipinski definition) is 3. The molecule has 0 aromatic heterocycles. The van der Waals surface area contributed by atoms with Crippen LogP contribution in [0.25, 0.3) is 0 Å². The average molecular weight is 307 g/mol. The van der Waals surface area contributed by atoms with Gasteiger partial charge in [-0.1, -0.05) is 6.92 Å². The summed E-state index contributed by atoms with van der Waals surface area (Å²) in [5.41, 5.74) is 0. The van der Waals surface area contributed by atoms with Crippen LogP contribution in [0.15, 0.2) is 0 Å². The van der Waals surface area contributed by atoms with Gasteiger partial charge in [0.2, 0.25) is 11.8 Å². The van der Waals surface area contributed by atoms with Crippen LogP contribution in [0.3, 0.4) is 0 Å². The molecule has 0 bridgehead atoms. The molecule has 3 saturated heterocycles. The summed E-state index contributed by atoms with van der Waals surface area (Å²) < 4.78 is 0. The van der Waals surface area contributed by atoms with Crippen LogP contribution in [0.4, 0.5) is 0 Å². The molecule has 5 nitrogen and oxygen atoms in total. The molecule has 0 radical (unpaired) electrons. The van der Waals surface area contributed by atoms with E-state index in [-0.39, 0.29) is 17.9 Å². The largest absolute Gasteiger partial charge is 0.341 e. The second-order valence-corrected chi connectivity index (χ2v) is 7.03. The van der Waals surface area contributed by atoms with Gasteiger partial charge >= 0.3 is 0 Å². The van der Waals surface area contributed by atoms with Crippen LogP contribution in [0.1, 0.15) is 45.4 Å². The van der Waals surface area contributed by atoms with Gasteiger partial charge in [0.1, 0.15) is 6.04 Å². The van der Waals surface area contributed by atoms with E-state index in [1.807, 2.05) is 16.7 Å². The van der Waals surface area contributed by atoms with Crippen molar-refractivity contribution < 1.29 is 9.59 Å². The fourth-order valence-electron chi connectivity index (χ4n) is 4.34. The molecule has 0 spiro atoms. The van der Waals surface area contributed by atoms with Crippen molar-refractivity contribution in [1.29, 1.82) is 0 Å². The molecule has 5 heteroatoms. The van der Waals surface area contributed by atoms with Crippen molar-refractivity contribution in [1.82, 2.24) is 15.1 Å². The van der Waals surface area contributed by atoms with E-state index in [4.69, 9.17) is 0 Å². The molecule has 124 valence electrons. The normalized spacial score (nSPS) is 32.5. The van der Waals surface area contributed by atoms with Gasteiger partial charge in [0.15, 0.2) is 0 Å². The number of fused-ring (bicyclic) bond motifs is 1. The molecule has 3 heterocycles. The Morgan fingerprint density at radius 1 is 1.00 bits per heavy atom. The Bertz CT molecular complexity index is 412. The van der Waals surface area contributed by atoms with E-state index < -0.39 is 0 Å². The molecular formula is C17H29N3O2. The van der Waals surface area contributed by atoms with Crippen LogP contribution in [0.5, 0.6) is 0 Å². The third-order valence-corrected chi connectivity index (χ3v) is 5.74. The number of nitrogens with zero attached hydrogens (tertiary/aromatic N) is 2. The molecule has 1 N–H and O–H groups in total. The number of carbonyl (C=O) groups is 2. The van der Waals surface area contributed by atoms with Gasteiger partial charge in [-0.05, 0) is 57.0 Å². The molecule has 1 unspecified atom stereocenters. The Hall–Kier alpha value is -1.10. The number of carbonyl (C=O) groups excluding carboxylic acids is 2. The Labute approximate surface area is 133 Å². The highest BCUT2D eigenvalue weighted by Gasteiger charge is 2.37. The molecule has 3 aliphatic heterocycles. The van der Waals surface area contributed by atoms with E-state index in [0.29, 0.717) is 6.42 Å². The van der Waals surface area contributed by atoms with Gasteiger partial charge in [-0.25, -0.2) is 0 Å². The number of rotatable bonds is 2. The zero-order chi connectivity index (χ0) is 15.5. The minimum Gasteiger partial charge on any atom is -0.341 e. The highest BCUT2D eigenvalue weighted by atomic mass is 16.2. The fraction of sp³-hybridized carbons (Fsp3) is 0.882. The predicted octanol–water partition coefficient (Wildman–Crippen LogP) is 1.24. The molecule has 0 aromatic carbocycles. The lowest BCUT2D eigenvalue weighted by Crippen LogP contribution is -2.53. The zero-order valence-electron chi connectivity index (χ0n) is 13.7. The van der Waals surface area contributed by atoms with Crippen LogP contribution in [-0.4, -0.2) is 60.4 Å². The van der Waals surface area contributed by atoms with Gasteiger partial charge in [-0.2, -0.15) is 0 Å². The van der Waals surface area contributed by atoms with Crippen LogP contribution >= 0.6 is 0 Å². The molecular weight excluding hydrogens is 278 g/mol. The monoisotopic (exact) mass is 307 g/mol. The summed E-state index contributed by atoms with van der Waals surface area (Å²) in [4.78, 5) is 29.0. The molecule has 22 heavy (non-hydrogen) atoms. The lowest BCUT2D eigenvalue weighted by atomic mass is 9.92. The zero-order valence-corrected chi connectivity index (χ0v) is 13.7. The number of hydrogen-bond donors (Lipinski definition) is 1. The van der Waals surface area contributed by atoms with Crippen LogP contribution in [-0.2, 0) is 9.59 Å². The fourth-order valence-corrected chi connectivity index (χ4v) is 4.34. The van der Waals surface area contributed by atoms with E-state index >= 15 is 0 Å². The first-order chi connectivity index (χ1) is 10.7. The van der Waals surface area contributed by atoms with Crippen molar-refractivity contribution in [3.8, 4) is 0 Å². The second kappa shape index (κ2) is 6.99. The average Bonchev–Trinajstić information content (AvgIpc) is 2.92. The van der Waals surface area contributed by atoms with E-state index in [1.54, 1.807) is 0 Å². The van der Waals surface area contributed by atoms with Gasteiger partial charge in [0.05, 0.1) is 0 Å². The molecule has 2 amide bonds. The molecule has 0 aromatic rings. The van der Waals surface area contributed by atoms with E-state index in [1.165, 1.54) is 0 Å². The minimum atomic E-state index is -0.197. The second-order valence-electron chi connectivity index (χ2n) is 7.03. The predicted molar refractivity (Wildman–Crippen MR) is 85.3 cm³/mol. The summed E-state index contributed by atoms with van der Waals surface area (Å²) in [6, 6.07) is -0.197. The van der Waals surface area contributed by atoms with Crippen molar-refractivity contribution in [3.63, 3.8) is 0 Å². The van der Waals surface area contributed by atoms with E-state index in [0.717, 1.165) is 76.7 Å². The van der Waals surface area contributed by atoms with Crippen molar-refractivity contribution in [2.45, 2.75) is 51.5 Å². The SMILES string of the molecule is CCC(=O)N1CCCCC1C(=O)N1CC[C@@H]2CNC[C@@H]2CC1. The van der Waals surface area contributed by atoms with Crippen molar-refractivity contribution in [2.75, 3.05) is 32.7 Å². The molecule has 3 atom stereocenters. The highest BCUT2D eigenvalue weighted by Crippen LogP contribution is 2.28. The van der Waals surface area contributed by atoms with Gasteiger partial charge < -0.3 is 15.1 Å². The summed E-state index contributed by atoms with van der Waals surface area (Å²) in [5.74, 6) is 1.80. The first-order valence-corrected chi connectivity index (χ1v) is 8.99. The summed E-state index contributed by atoms with van der Waals surface area (Å²) in [6.07, 6.45) is 5.66.